The van der Waals surface area contributed by atoms with E-state index in [1.165, 1.54) is 0 Å². The number of rotatable bonds is 5. The summed E-state index contributed by atoms with van der Waals surface area (Å²) in [5.74, 6) is 0. The van der Waals surface area contributed by atoms with Crippen molar-refractivity contribution in [3.05, 3.63) is 29.8 Å². The molecular formula is C15H23NO3S. The van der Waals surface area contributed by atoms with Gasteiger partial charge < -0.3 is 5.11 Å². The number of hydrogen-bond acceptors (Lipinski definition) is 3. The van der Waals surface area contributed by atoms with Gasteiger partial charge in [-0.2, -0.15) is 4.31 Å². The highest BCUT2D eigenvalue weighted by Gasteiger charge is 2.32. The molecule has 1 heterocycles. The van der Waals surface area contributed by atoms with Crippen LogP contribution in [0.2, 0.25) is 0 Å². The predicted molar refractivity (Wildman–Crippen MR) is 79.1 cm³/mol. The second-order valence-electron chi connectivity index (χ2n) is 5.28. The van der Waals surface area contributed by atoms with E-state index in [0.717, 1.165) is 31.2 Å². The second kappa shape index (κ2) is 6.70. The maximum Gasteiger partial charge on any atom is 0.243 e. The molecule has 1 fully saturated rings. The van der Waals surface area contributed by atoms with Gasteiger partial charge in [0.2, 0.25) is 10.0 Å². The Bertz CT molecular complexity index is 523. The van der Waals surface area contributed by atoms with Crippen molar-refractivity contribution in [2.24, 2.45) is 0 Å². The lowest BCUT2D eigenvalue weighted by molar-refractivity contribution is 0.192. The van der Waals surface area contributed by atoms with Gasteiger partial charge in [0, 0.05) is 19.2 Å². The largest absolute Gasteiger partial charge is 0.396 e. The fraction of sp³-hybridized carbons (Fsp3) is 0.600. The summed E-state index contributed by atoms with van der Waals surface area (Å²) in [4.78, 5) is 0.361. The molecule has 4 nitrogen and oxygen atoms in total. The average molecular weight is 297 g/mol. The van der Waals surface area contributed by atoms with Crippen LogP contribution < -0.4 is 0 Å². The van der Waals surface area contributed by atoms with E-state index >= 15 is 0 Å². The number of aliphatic hydroxyl groups is 1. The summed E-state index contributed by atoms with van der Waals surface area (Å²) in [5.41, 5.74) is 1.13. The zero-order valence-electron chi connectivity index (χ0n) is 12.0. The maximum atomic E-state index is 12.7. The van der Waals surface area contributed by atoms with E-state index in [1.54, 1.807) is 16.4 Å². The summed E-state index contributed by atoms with van der Waals surface area (Å²) in [5, 5.41) is 9.12. The van der Waals surface area contributed by atoms with Crippen LogP contribution in [0.3, 0.4) is 0 Å². The first-order valence-corrected chi connectivity index (χ1v) is 8.75. The Hall–Kier alpha value is -0.910. The minimum absolute atomic E-state index is 0.0332. The fourth-order valence-electron chi connectivity index (χ4n) is 2.76. The monoisotopic (exact) mass is 297 g/mol. The SMILES string of the molecule is CCc1ccc(S(=O)(=O)N2CCCCC2CCO)cc1. The molecule has 1 atom stereocenters. The molecule has 20 heavy (non-hydrogen) atoms. The van der Waals surface area contributed by atoms with Crippen molar-refractivity contribution >= 4 is 10.0 Å². The number of aliphatic hydroxyl groups excluding tert-OH is 1. The molecule has 0 bridgehead atoms. The molecule has 5 heteroatoms. The molecule has 0 spiro atoms. The first kappa shape index (κ1) is 15.5. The lowest BCUT2D eigenvalue weighted by Gasteiger charge is -2.34. The van der Waals surface area contributed by atoms with E-state index in [1.807, 2.05) is 19.1 Å². The summed E-state index contributed by atoms with van der Waals surface area (Å²) in [7, 11) is -3.44. The fourth-order valence-corrected chi connectivity index (χ4v) is 4.48. The summed E-state index contributed by atoms with van der Waals surface area (Å²) < 4.78 is 27.0. The standard InChI is InChI=1S/C15H23NO3S/c1-2-13-6-8-15(9-7-13)20(18,19)16-11-4-3-5-14(16)10-12-17/h6-9,14,17H,2-5,10-12H2,1H3. The zero-order valence-corrected chi connectivity index (χ0v) is 12.8. The first-order chi connectivity index (χ1) is 9.59. The smallest absolute Gasteiger partial charge is 0.243 e. The van der Waals surface area contributed by atoms with Crippen LogP contribution in [0.25, 0.3) is 0 Å². The van der Waals surface area contributed by atoms with Gasteiger partial charge in [-0.05, 0) is 43.4 Å². The summed E-state index contributed by atoms with van der Waals surface area (Å²) in [6.07, 6.45) is 4.19. The molecule has 2 rings (SSSR count). The highest BCUT2D eigenvalue weighted by atomic mass is 32.2. The van der Waals surface area contributed by atoms with Crippen molar-refractivity contribution in [2.75, 3.05) is 13.2 Å². The van der Waals surface area contributed by atoms with Crippen LogP contribution in [-0.4, -0.2) is 37.0 Å². The highest BCUT2D eigenvalue weighted by molar-refractivity contribution is 7.89. The van der Waals surface area contributed by atoms with Crippen LogP contribution in [0.1, 0.15) is 38.2 Å². The maximum absolute atomic E-state index is 12.7. The van der Waals surface area contributed by atoms with Crippen molar-refractivity contribution in [3.63, 3.8) is 0 Å². The molecule has 0 aromatic heterocycles. The van der Waals surface area contributed by atoms with Crippen LogP contribution in [0, 0.1) is 0 Å². The minimum atomic E-state index is -3.44. The minimum Gasteiger partial charge on any atom is -0.396 e. The number of nitrogens with zero attached hydrogens (tertiary/aromatic N) is 1. The number of aryl methyl sites for hydroxylation is 1. The van der Waals surface area contributed by atoms with E-state index in [0.29, 0.717) is 17.9 Å². The van der Waals surface area contributed by atoms with Crippen LogP contribution in [0.4, 0.5) is 0 Å². The molecule has 1 N–H and O–H groups in total. The molecule has 0 saturated carbocycles. The lowest BCUT2D eigenvalue weighted by atomic mass is 10.0. The van der Waals surface area contributed by atoms with Gasteiger partial charge >= 0.3 is 0 Å². The number of benzene rings is 1. The van der Waals surface area contributed by atoms with Gasteiger partial charge in [0.05, 0.1) is 4.90 Å². The van der Waals surface area contributed by atoms with Crippen LogP contribution in [-0.2, 0) is 16.4 Å². The molecule has 0 radical (unpaired) electrons. The molecule has 1 aliphatic heterocycles. The van der Waals surface area contributed by atoms with E-state index < -0.39 is 10.0 Å². The summed E-state index contributed by atoms with van der Waals surface area (Å²) in [6.45, 7) is 2.64. The molecule has 1 aromatic rings. The number of piperidine rings is 1. The molecule has 1 unspecified atom stereocenters. The van der Waals surface area contributed by atoms with Gasteiger partial charge in [-0.3, -0.25) is 0 Å². The Morgan fingerprint density at radius 1 is 1.25 bits per heavy atom. The van der Waals surface area contributed by atoms with Crippen LogP contribution in [0.5, 0.6) is 0 Å². The van der Waals surface area contributed by atoms with Crippen molar-refractivity contribution in [1.82, 2.24) is 4.31 Å². The topological polar surface area (TPSA) is 57.6 Å². The Morgan fingerprint density at radius 3 is 2.55 bits per heavy atom. The first-order valence-electron chi connectivity index (χ1n) is 7.31. The molecule has 1 saturated heterocycles. The molecule has 1 aromatic carbocycles. The van der Waals surface area contributed by atoms with Crippen molar-refractivity contribution in [3.8, 4) is 0 Å². The Balaban J connectivity index is 2.26. The number of hydrogen-bond donors (Lipinski definition) is 1. The van der Waals surface area contributed by atoms with E-state index in [-0.39, 0.29) is 12.6 Å². The summed E-state index contributed by atoms with van der Waals surface area (Å²) in [6, 6.07) is 7.07. The third-order valence-electron chi connectivity index (χ3n) is 3.97. The van der Waals surface area contributed by atoms with E-state index in [9.17, 15) is 8.42 Å². The lowest BCUT2D eigenvalue weighted by Crippen LogP contribution is -2.44. The van der Waals surface area contributed by atoms with Crippen molar-refractivity contribution in [1.29, 1.82) is 0 Å². The van der Waals surface area contributed by atoms with Crippen LogP contribution in [0.15, 0.2) is 29.2 Å². The molecule has 112 valence electrons. The van der Waals surface area contributed by atoms with E-state index in [2.05, 4.69) is 0 Å². The Kier molecular flexibility index (Phi) is 5.18. The third-order valence-corrected chi connectivity index (χ3v) is 5.94. The van der Waals surface area contributed by atoms with Gasteiger partial charge in [0.1, 0.15) is 0 Å². The molecule has 0 aliphatic carbocycles. The van der Waals surface area contributed by atoms with Gasteiger partial charge in [0.15, 0.2) is 0 Å². The van der Waals surface area contributed by atoms with Crippen molar-refractivity contribution in [2.45, 2.75) is 50.0 Å². The summed E-state index contributed by atoms with van der Waals surface area (Å²) >= 11 is 0. The third kappa shape index (κ3) is 3.22. The van der Waals surface area contributed by atoms with E-state index in [4.69, 9.17) is 5.11 Å². The van der Waals surface area contributed by atoms with Gasteiger partial charge in [-0.1, -0.05) is 25.5 Å². The molecule has 0 amide bonds. The normalized spacial score (nSPS) is 21.0. The van der Waals surface area contributed by atoms with Crippen LogP contribution >= 0.6 is 0 Å². The average Bonchev–Trinajstić information content (AvgIpc) is 2.48. The Labute approximate surface area is 121 Å². The van der Waals surface area contributed by atoms with Gasteiger partial charge in [-0.15, -0.1) is 0 Å². The second-order valence-corrected chi connectivity index (χ2v) is 7.17. The predicted octanol–water partition coefficient (Wildman–Crippen LogP) is 2.17. The quantitative estimate of drug-likeness (QED) is 0.906. The van der Waals surface area contributed by atoms with Crippen molar-refractivity contribution < 1.29 is 13.5 Å². The molecule has 1 aliphatic rings. The molecular weight excluding hydrogens is 274 g/mol. The highest BCUT2D eigenvalue weighted by Crippen LogP contribution is 2.27. The number of sulfonamides is 1. The van der Waals surface area contributed by atoms with Gasteiger partial charge in [0.25, 0.3) is 0 Å². The Morgan fingerprint density at radius 2 is 1.95 bits per heavy atom. The zero-order chi connectivity index (χ0) is 14.6. The van der Waals surface area contributed by atoms with Gasteiger partial charge in [-0.25, -0.2) is 8.42 Å².